The molecule has 3 aromatic rings. The van der Waals surface area contributed by atoms with Gasteiger partial charge in [-0.25, -0.2) is 27.2 Å². The number of benzene rings is 1. The number of aliphatic imine (C=N–C) groups is 1. The molecule has 1 saturated heterocycles. The van der Waals surface area contributed by atoms with Gasteiger partial charge in [0.1, 0.15) is 11.9 Å². The number of rotatable bonds is 8. The highest BCUT2D eigenvalue weighted by Gasteiger charge is 2.46. The first kappa shape index (κ1) is 28.8. The van der Waals surface area contributed by atoms with Crippen LogP contribution in [-0.4, -0.2) is 64.8 Å². The number of hydrogen-bond acceptors (Lipinski definition) is 9. The van der Waals surface area contributed by atoms with Crippen LogP contribution < -0.4 is 4.72 Å². The second-order valence-electron chi connectivity index (χ2n) is 10.2. The van der Waals surface area contributed by atoms with Gasteiger partial charge in [0.25, 0.3) is 0 Å². The SMILES string of the molecule is COC(=O)C1CC(S(=O)(=O)N[C@H]2CC3=C(c4ccn(C(F)F)n4)[C@H](c4ccc(F)cc4Cl)N=C(c4nccs4)N3C2)C1. The van der Waals surface area contributed by atoms with Gasteiger partial charge in [0.05, 0.1) is 24.0 Å². The van der Waals surface area contributed by atoms with E-state index in [-0.39, 0.29) is 36.5 Å². The van der Waals surface area contributed by atoms with Crippen LogP contribution in [0.1, 0.15) is 48.1 Å². The highest BCUT2D eigenvalue weighted by Crippen LogP contribution is 2.46. The number of thiazole rings is 1. The fourth-order valence-corrected chi connectivity index (χ4v) is 8.24. The van der Waals surface area contributed by atoms with E-state index in [4.69, 9.17) is 21.3 Å². The van der Waals surface area contributed by atoms with Crippen molar-refractivity contribution < 1.29 is 31.1 Å². The van der Waals surface area contributed by atoms with Crippen molar-refractivity contribution >= 4 is 50.3 Å². The van der Waals surface area contributed by atoms with Gasteiger partial charge in [0.15, 0.2) is 10.8 Å². The zero-order valence-corrected chi connectivity index (χ0v) is 24.3. The molecule has 222 valence electrons. The Kier molecular flexibility index (Phi) is 7.62. The largest absolute Gasteiger partial charge is 0.469 e. The molecule has 1 aliphatic carbocycles. The molecule has 0 bridgehead atoms. The molecule has 4 heterocycles. The lowest BCUT2D eigenvalue weighted by Crippen LogP contribution is -2.49. The topological polar surface area (TPSA) is 119 Å². The number of aromatic nitrogens is 3. The maximum absolute atomic E-state index is 14.0. The number of amidine groups is 1. The van der Waals surface area contributed by atoms with E-state index in [9.17, 15) is 26.4 Å². The number of fused-ring (bicyclic) bond motifs is 1. The first-order valence-electron chi connectivity index (χ1n) is 12.9. The highest BCUT2D eigenvalue weighted by molar-refractivity contribution is 7.90. The number of halogens is 4. The minimum Gasteiger partial charge on any atom is -0.469 e. The Hall–Kier alpha value is -3.27. The monoisotopic (exact) mass is 640 g/mol. The van der Waals surface area contributed by atoms with Gasteiger partial charge in [0, 0.05) is 58.6 Å². The normalized spacial score (nSPS) is 24.0. The van der Waals surface area contributed by atoms with E-state index in [1.807, 2.05) is 4.90 Å². The van der Waals surface area contributed by atoms with Crippen molar-refractivity contribution in [2.45, 2.75) is 43.1 Å². The maximum Gasteiger partial charge on any atom is 0.333 e. The maximum atomic E-state index is 14.0. The van der Waals surface area contributed by atoms with Crippen molar-refractivity contribution in [1.29, 1.82) is 0 Å². The first-order chi connectivity index (χ1) is 20.1. The van der Waals surface area contributed by atoms with Crippen LogP contribution >= 0.6 is 22.9 Å². The summed E-state index contributed by atoms with van der Waals surface area (Å²) in [5, 5.41) is 5.75. The summed E-state index contributed by atoms with van der Waals surface area (Å²) in [4.78, 5) is 22.9. The number of alkyl halides is 2. The summed E-state index contributed by atoms with van der Waals surface area (Å²) in [5.41, 5.74) is 1.67. The Morgan fingerprint density at radius 3 is 2.69 bits per heavy atom. The lowest BCUT2D eigenvalue weighted by Gasteiger charge is -2.33. The third-order valence-electron chi connectivity index (χ3n) is 7.62. The summed E-state index contributed by atoms with van der Waals surface area (Å²) < 4.78 is 75.6. The molecule has 1 saturated carbocycles. The number of carbonyl (C=O) groups excluding carboxylic acids is 1. The van der Waals surface area contributed by atoms with Gasteiger partial charge in [-0.15, -0.1) is 11.3 Å². The van der Waals surface area contributed by atoms with Gasteiger partial charge in [0.2, 0.25) is 10.0 Å². The molecule has 6 rings (SSSR count). The second-order valence-corrected chi connectivity index (χ2v) is 13.5. The predicted octanol–water partition coefficient (Wildman–Crippen LogP) is 4.39. The van der Waals surface area contributed by atoms with E-state index in [0.29, 0.717) is 32.4 Å². The molecule has 2 aliphatic heterocycles. The molecule has 2 fully saturated rings. The van der Waals surface area contributed by atoms with E-state index < -0.39 is 51.6 Å². The molecular formula is C26H24ClF3N6O4S2. The first-order valence-corrected chi connectivity index (χ1v) is 15.7. The Morgan fingerprint density at radius 2 is 2.05 bits per heavy atom. The van der Waals surface area contributed by atoms with Gasteiger partial charge < -0.3 is 9.64 Å². The Balaban J connectivity index is 1.41. The van der Waals surface area contributed by atoms with E-state index in [1.165, 1.54) is 36.6 Å². The lowest BCUT2D eigenvalue weighted by molar-refractivity contribution is -0.148. The standard InChI is InChI=1S/C26H24ClF3N6O4S2/c1-40-25(37)13-8-16(9-13)42(38,39)34-15-11-20-21(19-4-6-36(33-19)26(29)30)22(17-3-2-14(28)10-18(17)27)32-23(35(20)12-15)24-31-5-7-41-24/h2-7,10,13,15-16,22,26,34H,8-9,11-12H2,1H3/t13?,15-,16?,22-/m0/s1. The van der Waals surface area contributed by atoms with Crippen molar-refractivity contribution in [3.8, 4) is 0 Å². The lowest BCUT2D eigenvalue weighted by atomic mass is 9.85. The molecule has 3 aliphatic rings. The molecular weight excluding hydrogens is 617 g/mol. The van der Waals surface area contributed by atoms with Gasteiger partial charge >= 0.3 is 12.5 Å². The number of esters is 1. The Labute approximate surface area is 247 Å². The summed E-state index contributed by atoms with van der Waals surface area (Å²) in [7, 11) is -2.54. The zero-order valence-electron chi connectivity index (χ0n) is 22.0. The van der Waals surface area contributed by atoms with Gasteiger partial charge in [-0.3, -0.25) is 9.79 Å². The van der Waals surface area contributed by atoms with Gasteiger partial charge in [-0.05, 0) is 31.0 Å². The Morgan fingerprint density at radius 1 is 1.26 bits per heavy atom. The molecule has 0 spiro atoms. The molecule has 1 N–H and O–H groups in total. The predicted molar refractivity (Wildman–Crippen MR) is 149 cm³/mol. The van der Waals surface area contributed by atoms with Crippen molar-refractivity contribution in [2.75, 3.05) is 13.7 Å². The number of hydrogen-bond donors (Lipinski definition) is 1. The summed E-state index contributed by atoms with van der Waals surface area (Å²) in [6.45, 7) is -2.70. The summed E-state index contributed by atoms with van der Waals surface area (Å²) in [5.74, 6) is -1.01. The third-order valence-corrected chi connectivity index (χ3v) is 10.6. The van der Waals surface area contributed by atoms with Crippen molar-refractivity contribution in [2.24, 2.45) is 10.9 Å². The fraction of sp³-hybridized carbons (Fsp3) is 0.385. The summed E-state index contributed by atoms with van der Waals surface area (Å²) >= 11 is 7.80. The number of carbonyl (C=O) groups is 1. The van der Waals surface area contributed by atoms with Crippen molar-refractivity contribution in [3.63, 3.8) is 0 Å². The average Bonchev–Trinajstić information content (AvgIpc) is 3.67. The fourth-order valence-electron chi connectivity index (χ4n) is 5.54. The zero-order chi connectivity index (χ0) is 29.8. The molecule has 16 heteroatoms. The van der Waals surface area contributed by atoms with E-state index >= 15 is 0 Å². The number of methoxy groups -OCH3 is 1. The van der Waals surface area contributed by atoms with Crippen LogP contribution in [0.3, 0.4) is 0 Å². The highest BCUT2D eigenvalue weighted by atomic mass is 35.5. The molecule has 0 amide bonds. The van der Waals surface area contributed by atoms with Crippen molar-refractivity contribution in [3.05, 3.63) is 74.8 Å². The quantitative estimate of drug-likeness (QED) is 0.363. The van der Waals surface area contributed by atoms with Crippen LogP contribution in [0, 0.1) is 11.7 Å². The van der Waals surface area contributed by atoms with E-state index in [1.54, 1.807) is 11.6 Å². The number of sulfonamides is 1. The minimum atomic E-state index is -3.80. The third kappa shape index (κ3) is 5.23. The summed E-state index contributed by atoms with van der Waals surface area (Å²) in [6, 6.07) is 3.81. The molecule has 1 aromatic carbocycles. The molecule has 2 aromatic heterocycles. The van der Waals surface area contributed by atoms with Crippen LogP contribution in [-0.2, 0) is 19.6 Å². The van der Waals surface area contributed by atoms with Crippen molar-refractivity contribution in [1.82, 2.24) is 24.4 Å². The van der Waals surface area contributed by atoms with Gasteiger partial charge in [-0.1, -0.05) is 17.7 Å². The minimum absolute atomic E-state index is 0.0856. The number of nitrogens with one attached hydrogen (secondary N) is 1. The molecule has 42 heavy (non-hydrogen) atoms. The van der Waals surface area contributed by atoms with Crippen LogP contribution in [0.4, 0.5) is 13.2 Å². The van der Waals surface area contributed by atoms with Gasteiger partial charge in [-0.2, -0.15) is 13.9 Å². The van der Waals surface area contributed by atoms with E-state index in [0.717, 1.165) is 12.3 Å². The number of ether oxygens (including phenoxy) is 1. The second kappa shape index (κ2) is 11.1. The summed E-state index contributed by atoms with van der Waals surface area (Å²) in [6.07, 6.45) is 3.26. The molecule has 10 nitrogen and oxygen atoms in total. The van der Waals surface area contributed by atoms with Crippen LogP contribution in [0.5, 0.6) is 0 Å². The average molecular weight is 641 g/mol. The molecule has 0 radical (unpaired) electrons. The Bertz CT molecular complexity index is 1690. The molecule has 0 unspecified atom stereocenters. The van der Waals surface area contributed by atoms with E-state index in [2.05, 4.69) is 14.8 Å². The van der Waals surface area contributed by atoms with Crippen LogP contribution in [0.25, 0.3) is 5.57 Å². The number of nitrogens with zero attached hydrogens (tertiary/aromatic N) is 5. The van der Waals surface area contributed by atoms with Crippen LogP contribution in [0.15, 0.2) is 52.7 Å². The molecule has 2 atom stereocenters. The smallest absolute Gasteiger partial charge is 0.333 e. The van der Waals surface area contributed by atoms with Crippen LogP contribution in [0.2, 0.25) is 5.02 Å².